The van der Waals surface area contributed by atoms with E-state index in [9.17, 15) is 8.42 Å². The zero-order valence-electron chi connectivity index (χ0n) is 10.4. The number of hydrogen-bond acceptors (Lipinski definition) is 3. The first-order chi connectivity index (χ1) is 9.01. The third-order valence-electron chi connectivity index (χ3n) is 3.45. The minimum atomic E-state index is -3.42. The molecule has 1 saturated heterocycles. The van der Waals surface area contributed by atoms with E-state index in [2.05, 4.69) is 4.98 Å². The number of hydrogen-bond donors (Lipinski definition) is 0. The zero-order chi connectivity index (χ0) is 13.6. The molecular weight excluding hydrogens is 284 g/mol. The van der Waals surface area contributed by atoms with Crippen LogP contribution in [-0.2, 0) is 10.0 Å². The van der Waals surface area contributed by atoms with Gasteiger partial charge in [-0.2, -0.15) is 4.31 Å². The van der Waals surface area contributed by atoms with Crippen LogP contribution in [0.3, 0.4) is 0 Å². The number of nitrogens with zero attached hydrogens (tertiary/aromatic N) is 2. The summed E-state index contributed by atoms with van der Waals surface area (Å²) < 4.78 is 26.6. The molecule has 0 saturated carbocycles. The maximum Gasteiger partial charge on any atom is 0.243 e. The Kier molecular flexibility index (Phi) is 3.00. The van der Waals surface area contributed by atoms with Crippen molar-refractivity contribution in [3.8, 4) is 0 Å². The first-order valence-corrected chi connectivity index (χ1v) is 7.87. The quantitative estimate of drug-likeness (QED) is 0.800. The molecule has 2 aromatic rings. The van der Waals surface area contributed by atoms with E-state index in [1.165, 1.54) is 4.31 Å². The lowest BCUT2D eigenvalue weighted by Gasteiger charge is -2.30. The summed E-state index contributed by atoms with van der Waals surface area (Å²) in [5.74, 6) is 0. The molecule has 0 radical (unpaired) electrons. The molecule has 0 N–H and O–H groups in total. The largest absolute Gasteiger partial charge is 0.244 e. The van der Waals surface area contributed by atoms with E-state index in [-0.39, 0.29) is 0 Å². The van der Waals surface area contributed by atoms with Crippen molar-refractivity contribution in [2.75, 3.05) is 13.1 Å². The Bertz CT molecular complexity index is 755. The van der Waals surface area contributed by atoms with Gasteiger partial charge in [-0.3, -0.25) is 0 Å². The van der Waals surface area contributed by atoms with Gasteiger partial charge >= 0.3 is 0 Å². The van der Waals surface area contributed by atoms with E-state index in [0.717, 1.165) is 12.0 Å². The predicted octanol–water partition coefficient (Wildman–Crippen LogP) is 2.59. The molecule has 2 heterocycles. The van der Waals surface area contributed by atoms with Crippen molar-refractivity contribution >= 4 is 32.4 Å². The molecule has 1 fully saturated rings. The standard InChI is InChI=1S/C13H13ClN2O2S/c1-9-8-15-13(14)10-4-2-5-11(12(9)10)19(17,18)16-6-3-7-16/h2,4-5,8H,3,6-7H2,1H3. The van der Waals surface area contributed by atoms with Crippen molar-refractivity contribution < 1.29 is 8.42 Å². The van der Waals surface area contributed by atoms with Crippen molar-refractivity contribution in [1.82, 2.24) is 9.29 Å². The van der Waals surface area contributed by atoms with Gasteiger partial charge in [-0.25, -0.2) is 13.4 Å². The van der Waals surface area contributed by atoms with Crippen LogP contribution in [-0.4, -0.2) is 30.8 Å². The summed E-state index contributed by atoms with van der Waals surface area (Å²) in [5, 5.41) is 1.69. The average Bonchev–Trinajstić information content (AvgIpc) is 2.30. The van der Waals surface area contributed by atoms with E-state index in [1.54, 1.807) is 24.4 Å². The summed E-state index contributed by atoms with van der Waals surface area (Å²) in [6, 6.07) is 5.15. The maximum absolute atomic E-state index is 12.6. The van der Waals surface area contributed by atoms with Crippen molar-refractivity contribution in [2.45, 2.75) is 18.2 Å². The van der Waals surface area contributed by atoms with Crippen LogP contribution in [0.2, 0.25) is 5.15 Å². The number of fused-ring (bicyclic) bond motifs is 1. The van der Waals surface area contributed by atoms with Gasteiger partial charge in [0.05, 0.1) is 4.90 Å². The van der Waals surface area contributed by atoms with Crippen molar-refractivity contribution in [1.29, 1.82) is 0 Å². The Hall–Kier alpha value is -1.17. The summed E-state index contributed by atoms with van der Waals surface area (Å²) in [6.07, 6.45) is 2.53. The van der Waals surface area contributed by atoms with Gasteiger partial charge in [0.2, 0.25) is 10.0 Å². The van der Waals surface area contributed by atoms with Gasteiger partial charge in [-0.15, -0.1) is 0 Å². The Morgan fingerprint density at radius 2 is 2.05 bits per heavy atom. The molecule has 100 valence electrons. The van der Waals surface area contributed by atoms with Gasteiger partial charge in [0, 0.05) is 30.1 Å². The van der Waals surface area contributed by atoms with Crippen LogP contribution in [0.1, 0.15) is 12.0 Å². The van der Waals surface area contributed by atoms with Crippen molar-refractivity contribution in [3.05, 3.63) is 35.1 Å². The first-order valence-electron chi connectivity index (χ1n) is 6.06. The fourth-order valence-electron chi connectivity index (χ4n) is 2.28. The molecule has 4 nitrogen and oxygen atoms in total. The lowest BCUT2D eigenvalue weighted by Crippen LogP contribution is -2.42. The molecule has 1 aromatic heterocycles. The van der Waals surface area contributed by atoms with Crippen LogP contribution in [0.25, 0.3) is 10.8 Å². The Morgan fingerprint density at radius 3 is 2.68 bits per heavy atom. The van der Waals surface area contributed by atoms with Crippen LogP contribution < -0.4 is 0 Å². The SMILES string of the molecule is Cc1cnc(Cl)c2cccc(S(=O)(=O)N3CCC3)c12. The number of rotatable bonds is 2. The van der Waals surface area contributed by atoms with Crippen molar-refractivity contribution in [2.24, 2.45) is 0 Å². The molecular formula is C13H13ClN2O2S. The second kappa shape index (κ2) is 4.44. The molecule has 19 heavy (non-hydrogen) atoms. The number of halogens is 1. The van der Waals surface area contributed by atoms with Crippen LogP contribution in [0.5, 0.6) is 0 Å². The Morgan fingerprint density at radius 1 is 1.32 bits per heavy atom. The monoisotopic (exact) mass is 296 g/mol. The van der Waals surface area contributed by atoms with Crippen LogP contribution in [0, 0.1) is 6.92 Å². The third kappa shape index (κ3) is 1.93. The van der Waals surface area contributed by atoms with Crippen LogP contribution in [0.15, 0.2) is 29.3 Å². The van der Waals surface area contributed by atoms with E-state index in [0.29, 0.717) is 33.9 Å². The Labute approximate surface area is 117 Å². The number of aryl methyl sites for hydroxylation is 1. The van der Waals surface area contributed by atoms with Gasteiger partial charge < -0.3 is 0 Å². The maximum atomic E-state index is 12.6. The molecule has 6 heteroatoms. The van der Waals surface area contributed by atoms with E-state index < -0.39 is 10.0 Å². The summed E-state index contributed by atoms with van der Waals surface area (Å²) in [4.78, 5) is 4.39. The predicted molar refractivity (Wildman–Crippen MR) is 74.9 cm³/mol. The summed E-state index contributed by atoms with van der Waals surface area (Å²) in [5.41, 5.74) is 0.819. The van der Waals surface area contributed by atoms with E-state index in [1.807, 2.05) is 6.92 Å². The highest BCUT2D eigenvalue weighted by atomic mass is 35.5. The van der Waals surface area contributed by atoms with Crippen LogP contribution >= 0.6 is 11.6 Å². The topological polar surface area (TPSA) is 50.3 Å². The van der Waals surface area contributed by atoms with Gasteiger partial charge in [0.15, 0.2) is 0 Å². The fraction of sp³-hybridized carbons (Fsp3) is 0.308. The number of sulfonamides is 1. The molecule has 0 atom stereocenters. The van der Waals surface area contributed by atoms with Gasteiger partial charge in [-0.05, 0) is 25.0 Å². The number of pyridine rings is 1. The average molecular weight is 297 g/mol. The highest BCUT2D eigenvalue weighted by Gasteiger charge is 2.31. The normalized spacial score (nSPS) is 16.5. The lowest BCUT2D eigenvalue weighted by molar-refractivity contribution is 0.309. The molecule has 1 aromatic carbocycles. The molecule has 0 spiro atoms. The van der Waals surface area contributed by atoms with Gasteiger partial charge in [0.1, 0.15) is 5.15 Å². The number of aromatic nitrogens is 1. The minimum Gasteiger partial charge on any atom is -0.244 e. The molecule has 0 unspecified atom stereocenters. The Balaban J connectivity index is 2.33. The van der Waals surface area contributed by atoms with E-state index in [4.69, 9.17) is 11.6 Å². The molecule has 3 rings (SSSR count). The molecule has 1 aliphatic heterocycles. The fourth-order valence-corrected chi connectivity index (χ4v) is 4.28. The van der Waals surface area contributed by atoms with Gasteiger partial charge in [0.25, 0.3) is 0 Å². The smallest absolute Gasteiger partial charge is 0.243 e. The number of benzene rings is 1. The highest BCUT2D eigenvalue weighted by molar-refractivity contribution is 7.89. The van der Waals surface area contributed by atoms with E-state index >= 15 is 0 Å². The lowest BCUT2D eigenvalue weighted by atomic mass is 10.1. The first kappa shape index (κ1) is 12.8. The van der Waals surface area contributed by atoms with Gasteiger partial charge in [-0.1, -0.05) is 23.7 Å². The molecule has 0 bridgehead atoms. The van der Waals surface area contributed by atoms with Crippen LogP contribution in [0.4, 0.5) is 0 Å². The zero-order valence-corrected chi connectivity index (χ0v) is 12.0. The molecule has 0 aliphatic carbocycles. The second-order valence-corrected chi connectivity index (χ2v) is 6.93. The summed E-state index contributed by atoms with van der Waals surface area (Å²) in [7, 11) is -3.42. The summed E-state index contributed by atoms with van der Waals surface area (Å²) in [6.45, 7) is 3.04. The molecule has 0 amide bonds. The second-order valence-electron chi connectivity index (χ2n) is 4.67. The third-order valence-corrected chi connectivity index (χ3v) is 5.69. The minimum absolute atomic E-state index is 0.325. The highest BCUT2D eigenvalue weighted by Crippen LogP contribution is 2.32. The summed E-state index contributed by atoms with van der Waals surface area (Å²) >= 11 is 6.06. The molecule has 1 aliphatic rings. The van der Waals surface area contributed by atoms with Crippen molar-refractivity contribution in [3.63, 3.8) is 0 Å².